The van der Waals surface area contributed by atoms with E-state index in [1.165, 1.54) is 0 Å². The molecule has 0 bridgehead atoms. The fraction of sp³-hybridized carbons (Fsp3) is 0.650. The highest BCUT2D eigenvalue weighted by molar-refractivity contribution is 14.0. The second-order valence-electron chi connectivity index (χ2n) is 7.50. The van der Waals surface area contributed by atoms with Crippen molar-refractivity contribution in [3.05, 3.63) is 28.2 Å². The van der Waals surface area contributed by atoms with Gasteiger partial charge in [-0.3, -0.25) is 9.89 Å². The molecule has 1 saturated heterocycles. The highest BCUT2D eigenvalue weighted by atomic mass is 127. The summed E-state index contributed by atoms with van der Waals surface area (Å²) in [6.07, 6.45) is -0.735. The van der Waals surface area contributed by atoms with Crippen molar-refractivity contribution in [2.75, 3.05) is 52.5 Å². The van der Waals surface area contributed by atoms with Gasteiger partial charge in [0.2, 0.25) is 0 Å². The molecule has 1 aliphatic rings. The van der Waals surface area contributed by atoms with Gasteiger partial charge < -0.3 is 25.2 Å². The van der Waals surface area contributed by atoms with Crippen LogP contribution in [0.3, 0.4) is 0 Å². The van der Waals surface area contributed by atoms with Gasteiger partial charge in [0, 0.05) is 31.7 Å². The van der Waals surface area contributed by atoms with Gasteiger partial charge in [0.15, 0.2) is 5.96 Å². The molecule has 1 heterocycles. The van der Waals surface area contributed by atoms with E-state index in [9.17, 15) is 5.11 Å². The molecule has 1 unspecified atom stereocenters. The molecule has 1 fully saturated rings. The Morgan fingerprint density at radius 1 is 1.30 bits per heavy atom. The maximum Gasteiger partial charge on any atom is 0.191 e. The van der Waals surface area contributed by atoms with Gasteiger partial charge in [-0.15, -0.1) is 24.0 Å². The Hall–Kier alpha value is -0.520. The van der Waals surface area contributed by atoms with Crippen molar-refractivity contribution in [3.63, 3.8) is 0 Å². The van der Waals surface area contributed by atoms with Crippen LogP contribution in [-0.4, -0.2) is 80.2 Å². The number of nitrogens with one attached hydrogen (secondary N) is 2. The third-order valence-electron chi connectivity index (χ3n) is 4.69. The lowest BCUT2D eigenvalue weighted by Gasteiger charge is -2.39. The number of aliphatic hydroxyl groups excluding tert-OH is 1. The van der Waals surface area contributed by atoms with Crippen molar-refractivity contribution in [2.24, 2.45) is 4.99 Å². The average molecular weight is 575 g/mol. The Kier molecular flexibility index (Phi) is 12.7. The van der Waals surface area contributed by atoms with Crippen molar-refractivity contribution in [1.82, 2.24) is 15.5 Å². The van der Waals surface area contributed by atoms with Crippen LogP contribution < -0.4 is 15.4 Å². The van der Waals surface area contributed by atoms with Gasteiger partial charge in [0.05, 0.1) is 24.8 Å². The summed E-state index contributed by atoms with van der Waals surface area (Å²) in [4.78, 5) is 7.09. The first-order valence-electron chi connectivity index (χ1n) is 9.93. The normalized spacial score (nSPS) is 16.5. The van der Waals surface area contributed by atoms with Crippen LogP contribution in [0.15, 0.2) is 23.2 Å². The Balaban J connectivity index is 0.00000450. The molecule has 7 nitrogen and oxygen atoms in total. The van der Waals surface area contributed by atoms with E-state index in [0.717, 1.165) is 32.8 Å². The highest BCUT2D eigenvalue weighted by Gasteiger charge is 2.28. The van der Waals surface area contributed by atoms with Crippen LogP contribution in [0.1, 0.15) is 20.8 Å². The van der Waals surface area contributed by atoms with Crippen molar-refractivity contribution < 1.29 is 14.6 Å². The molecule has 2 rings (SSSR count). The second-order valence-corrected chi connectivity index (χ2v) is 8.29. The van der Waals surface area contributed by atoms with Crippen molar-refractivity contribution in [2.45, 2.75) is 32.4 Å². The van der Waals surface area contributed by atoms with Crippen molar-refractivity contribution in [1.29, 1.82) is 0 Å². The van der Waals surface area contributed by atoms with Crippen LogP contribution in [0.2, 0.25) is 10.0 Å². The Labute approximate surface area is 206 Å². The predicted molar refractivity (Wildman–Crippen MR) is 134 cm³/mol. The lowest BCUT2D eigenvalue weighted by atomic mass is 10.0. The van der Waals surface area contributed by atoms with E-state index in [-0.39, 0.29) is 36.1 Å². The first-order chi connectivity index (χ1) is 13.8. The smallest absolute Gasteiger partial charge is 0.191 e. The molecule has 0 amide bonds. The zero-order valence-corrected chi connectivity index (χ0v) is 21.6. The molecule has 0 aromatic heterocycles. The van der Waals surface area contributed by atoms with E-state index >= 15 is 0 Å². The van der Waals surface area contributed by atoms with Gasteiger partial charge in [-0.1, -0.05) is 29.3 Å². The van der Waals surface area contributed by atoms with Crippen molar-refractivity contribution >= 4 is 53.1 Å². The van der Waals surface area contributed by atoms with Crippen LogP contribution in [0.25, 0.3) is 0 Å². The summed E-state index contributed by atoms with van der Waals surface area (Å²) in [5, 5.41) is 17.4. The molecule has 172 valence electrons. The molecular formula is C20H33Cl2IN4O3. The van der Waals surface area contributed by atoms with Crippen LogP contribution in [-0.2, 0) is 4.74 Å². The molecule has 1 atom stereocenters. The Morgan fingerprint density at radius 2 is 2.00 bits per heavy atom. The monoisotopic (exact) mass is 574 g/mol. The minimum Gasteiger partial charge on any atom is -0.489 e. The number of guanidine groups is 1. The first-order valence-corrected chi connectivity index (χ1v) is 10.7. The fourth-order valence-corrected chi connectivity index (χ4v) is 3.28. The minimum atomic E-state index is -0.735. The third-order valence-corrected chi connectivity index (χ3v) is 5.49. The molecule has 3 N–H and O–H groups in total. The molecule has 0 radical (unpaired) electrons. The molecular weight excluding hydrogens is 542 g/mol. The number of hydrogen-bond acceptors (Lipinski definition) is 5. The van der Waals surface area contributed by atoms with Crippen LogP contribution in [0.4, 0.5) is 0 Å². The fourth-order valence-electron chi connectivity index (χ4n) is 2.94. The van der Waals surface area contributed by atoms with E-state index < -0.39 is 6.10 Å². The Bertz CT molecular complexity index is 673. The number of halogens is 3. The summed E-state index contributed by atoms with van der Waals surface area (Å²) in [6, 6.07) is 5.15. The van der Waals surface area contributed by atoms with E-state index in [0.29, 0.717) is 34.8 Å². The molecule has 10 heteroatoms. The molecule has 0 saturated carbocycles. The van der Waals surface area contributed by atoms with Gasteiger partial charge in [-0.2, -0.15) is 0 Å². The van der Waals surface area contributed by atoms with Gasteiger partial charge in [0.1, 0.15) is 23.5 Å². The van der Waals surface area contributed by atoms with Crippen LogP contribution in [0.5, 0.6) is 5.75 Å². The number of nitrogens with zero attached hydrogens (tertiary/aromatic N) is 2. The van der Waals surface area contributed by atoms with Gasteiger partial charge in [0.25, 0.3) is 0 Å². The summed E-state index contributed by atoms with van der Waals surface area (Å²) in [7, 11) is 0. The molecule has 0 spiro atoms. The van der Waals surface area contributed by atoms with Gasteiger partial charge >= 0.3 is 0 Å². The molecule has 1 aromatic rings. The van der Waals surface area contributed by atoms with E-state index in [4.69, 9.17) is 37.7 Å². The lowest BCUT2D eigenvalue weighted by Crippen LogP contribution is -2.52. The average Bonchev–Trinajstić information content (AvgIpc) is 2.72. The van der Waals surface area contributed by atoms with Gasteiger partial charge in [-0.05, 0) is 32.9 Å². The zero-order valence-electron chi connectivity index (χ0n) is 17.8. The molecule has 0 aliphatic carbocycles. The van der Waals surface area contributed by atoms with E-state index in [2.05, 4.69) is 29.4 Å². The molecule has 1 aliphatic heterocycles. The summed E-state index contributed by atoms with van der Waals surface area (Å²) in [6.45, 7) is 11.5. The minimum absolute atomic E-state index is 0. The first kappa shape index (κ1) is 27.5. The summed E-state index contributed by atoms with van der Waals surface area (Å²) in [5.41, 5.74) is -0.0722. The number of aliphatic hydroxyl groups is 1. The SMILES string of the molecule is CCNC(=NCC(C)(C)N1CCOCC1)NCC(O)COc1cccc(Cl)c1Cl.I. The number of benzene rings is 1. The van der Waals surface area contributed by atoms with Gasteiger partial charge in [-0.25, -0.2) is 0 Å². The quantitative estimate of drug-likeness (QED) is 0.239. The maximum absolute atomic E-state index is 10.3. The Morgan fingerprint density at radius 3 is 2.67 bits per heavy atom. The summed E-state index contributed by atoms with van der Waals surface area (Å²) in [5.74, 6) is 1.11. The van der Waals surface area contributed by atoms with Crippen molar-refractivity contribution in [3.8, 4) is 5.75 Å². The second kappa shape index (κ2) is 13.8. The number of rotatable bonds is 9. The predicted octanol–water partition coefficient (Wildman–Crippen LogP) is 3.02. The van der Waals surface area contributed by atoms with Crippen LogP contribution >= 0.6 is 47.2 Å². The van der Waals surface area contributed by atoms with Crippen LogP contribution in [0, 0.1) is 0 Å². The largest absolute Gasteiger partial charge is 0.489 e. The van der Waals surface area contributed by atoms with E-state index in [1.807, 2.05) is 6.92 Å². The standard InChI is InChI=1S/C20H32Cl2N4O3.HI/c1-4-23-19(25-14-20(2,3)26-8-10-28-11-9-26)24-12-15(27)13-29-17-7-5-6-16(21)18(17)22;/h5-7,15,27H,4,8-14H2,1-3H3,(H2,23,24,25);1H. The number of ether oxygens (including phenoxy) is 2. The third kappa shape index (κ3) is 8.92. The molecule has 30 heavy (non-hydrogen) atoms. The molecule has 1 aromatic carbocycles. The maximum atomic E-state index is 10.3. The zero-order chi connectivity index (χ0) is 21.3. The summed E-state index contributed by atoms with van der Waals surface area (Å²) >= 11 is 12.1. The highest BCUT2D eigenvalue weighted by Crippen LogP contribution is 2.31. The number of morpholine rings is 1. The van der Waals surface area contributed by atoms with E-state index in [1.54, 1.807) is 18.2 Å². The number of hydrogen-bond donors (Lipinski definition) is 3. The topological polar surface area (TPSA) is 78.4 Å². The lowest BCUT2D eigenvalue weighted by molar-refractivity contribution is -0.00684. The number of aliphatic imine (C=N–C) groups is 1. The summed E-state index contributed by atoms with van der Waals surface area (Å²) < 4.78 is 11.0.